The van der Waals surface area contributed by atoms with Gasteiger partial charge in [0.25, 0.3) is 0 Å². The molecule has 1 rings (SSSR count). The largest absolute Gasteiger partial charge is 0.340 e. The predicted octanol–water partition coefficient (Wildman–Crippen LogP) is 0.501. The highest BCUT2D eigenvalue weighted by Gasteiger charge is 2.30. The van der Waals surface area contributed by atoms with E-state index in [0.717, 1.165) is 0 Å². The molecule has 0 aromatic heterocycles. The Morgan fingerprint density at radius 2 is 2.20 bits per heavy atom. The minimum Gasteiger partial charge on any atom is -0.340 e. The van der Waals surface area contributed by atoms with Gasteiger partial charge in [-0.25, -0.2) is 0 Å². The van der Waals surface area contributed by atoms with E-state index in [4.69, 9.17) is 9.47 Å². The minimum absolute atomic E-state index is 0.0623. The standard InChI is InChI=1S/C7H10O3/c1-3-6-5(2)9-7(4-8)10-6/h3-7H,1H2,2H3. The summed E-state index contributed by atoms with van der Waals surface area (Å²) < 4.78 is 10.1. The Labute approximate surface area is 59.6 Å². The van der Waals surface area contributed by atoms with Crippen LogP contribution in [0.25, 0.3) is 0 Å². The van der Waals surface area contributed by atoms with Crippen molar-refractivity contribution in [3.8, 4) is 0 Å². The van der Waals surface area contributed by atoms with Gasteiger partial charge in [-0.3, -0.25) is 4.79 Å². The van der Waals surface area contributed by atoms with E-state index in [1.165, 1.54) is 0 Å². The SMILES string of the molecule is C=CC1OC(C=O)OC1C. The van der Waals surface area contributed by atoms with Crippen molar-refractivity contribution in [3.05, 3.63) is 12.7 Å². The molecule has 10 heavy (non-hydrogen) atoms. The fourth-order valence-corrected chi connectivity index (χ4v) is 0.898. The average Bonchev–Trinajstić information content (AvgIpc) is 2.30. The molecule has 1 aliphatic rings. The molecule has 1 heterocycles. The summed E-state index contributed by atoms with van der Waals surface area (Å²) in [5, 5.41) is 0. The van der Waals surface area contributed by atoms with Crippen molar-refractivity contribution in [1.82, 2.24) is 0 Å². The van der Waals surface area contributed by atoms with E-state index < -0.39 is 6.29 Å². The number of hydrogen-bond donors (Lipinski definition) is 0. The molecule has 0 aromatic carbocycles. The van der Waals surface area contributed by atoms with E-state index in [1.54, 1.807) is 6.08 Å². The zero-order chi connectivity index (χ0) is 7.56. The maximum absolute atomic E-state index is 10.1. The summed E-state index contributed by atoms with van der Waals surface area (Å²) in [6.07, 6.45) is 1.37. The zero-order valence-corrected chi connectivity index (χ0v) is 5.82. The van der Waals surface area contributed by atoms with Crippen molar-refractivity contribution in [2.45, 2.75) is 25.4 Å². The van der Waals surface area contributed by atoms with Gasteiger partial charge in [0.15, 0.2) is 6.29 Å². The van der Waals surface area contributed by atoms with Crippen LogP contribution in [0.4, 0.5) is 0 Å². The Bertz CT molecular complexity index is 144. The molecule has 1 saturated heterocycles. The van der Waals surface area contributed by atoms with Crippen LogP contribution in [-0.2, 0) is 14.3 Å². The highest BCUT2D eigenvalue weighted by Crippen LogP contribution is 2.17. The molecule has 0 aromatic rings. The molecule has 0 amide bonds. The smallest absolute Gasteiger partial charge is 0.215 e. The summed E-state index contributed by atoms with van der Waals surface area (Å²) in [5.74, 6) is 0. The lowest BCUT2D eigenvalue weighted by Gasteiger charge is -2.03. The second kappa shape index (κ2) is 2.94. The molecule has 0 spiro atoms. The molecule has 1 aliphatic heterocycles. The van der Waals surface area contributed by atoms with Crippen molar-refractivity contribution < 1.29 is 14.3 Å². The fraction of sp³-hybridized carbons (Fsp3) is 0.571. The maximum Gasteiger partial charge on any atom is 0.215 e. The normalized spacial score (nSPS) is 39.5. The van der Waals surface area contributed by atoms with Gasteiger partial charge in [-0.05, 0) is 6.92 Å². The van der Waals surface area contributed by atoms with E-state index in [0.29, 0.717) is 6.29 Å². The zero-order valence-electron chi connectivity index (χ0n) is 5.82. The second-order valence-corrected chi connectivity index (χ2v) is 2.18. The number of rotatable bonds is 2. The highest BCUT2D eigenvalue weighted by atomic mass is 16.7. The van der Waals surface area contributed by atoms with Gasteiger partial charge < -0.3 is 9.47 Å². The van der Waals surface area contributed by atoms with Crippen LogP contribution in [0.5, 0.6) is 0 Å². The fourth-order valence-electron chi connectivity index (χ4n) is 0.898. The molecule has 0 aliphatic carbocycles. The van der Waals surface area contributed by atoms with Crippen LogP contribution >= 0.6 is 0 Å². The molecule has 0 radical (unpaired) electrons. The second-order valence-electron chi connectivity index (χ2n) is 2.18. The van der Waals surface area contributed by atoms with Crippen LogP contribution in [0.15, 0.2) is 12.7 Å². The van der Waals surface area contributed by atoms with Gasteiger partial charge in [-0.2, -0.15) is 0 Å². The van der Waals surface area contributed by atoms with Crippen molar-refractivity contribution in [2.75, 3.05) is 0 Å². The maximum atomic E-state index is 10.1. The lowest BCUT2D eigenvalue weighted by atomic mass is 10.2. The summed E-state index contributed by atoms with van der Waals surface area (Å²) in [7, 11) is 0. The molecule has 3 atom stereocenters. The number of aldehydes is 1. The van der Waals surface area contributed by atoms with Gasteiger partial charge in [0.2, 0.25) is 6.29 Å². The van der Waals surface area contributed by atoms with E-state index in [-0.39, 0.29) is 12.2 Å². The quantitative estimate of drug-likeness (QED) is 0.416. The van der Waals surface area contributed by atoms with Gasteiger partial charge in [-0.1, -0.05) is 6.08 Å². The number of ether oxygens (including phenoxy) is 2. The van der Waals surface area contributed by atoms with Crippen LogP contribution in [0, 0.1) is 0 Å². The first-order chi connectivity index (χ1) is 4.77. The monoisotopic (exact) mass is 142 g/mol. The Morgan fingerprint density at radius 3 is 2.50 bits per heavy atom. The van der Waals surface area contributed by atoms with E-state index in [2.05, 4.69) is 6.58 Å². The first-order valence-electron chi connectivity index (χ1n) is 3.16. The molecule has 3 heteroatoms. The van der Waals surface area contributed by atoms with Gasteiger partial charge in [0, 0.05) is 0 Å². The van der Waals surface area contributed by atoms with E-state index >= 15 is 0 Å². The number of carbonyl (C=O) groups is 1. The highest BCUT2D eigenvalue weighted by molar-refractivity contribution is 5.54. The first-order valence-corrected chi connectivity index (χ1v) is 3.16. The lowest BCUT2D eigenvalue weighted by molar-refractivity contribution is -0.133. The molecule has 3 nitrogen and oxygen atoms in total. The molecule has 1 fully saturated rings. The summed E-state index contributed by atoms with van der Waals surface area (Å²) in [4.78, 5) is 10.1. The van der Waals surface area contributed by atoms with E-state index in [1.807, 2.05) is 6.92 Å². The molecular formula is C7H10O3. The van der Waals surface area contributed by atoms with Crippen molar-refractivity contribution in [2.24, 2.45) is 0 Å². The summed E-state index contributed by atoms with van der Waals surface area (Å²) in [6.45, 7) is 5.38. The molecule has 56 valence electrons. The van der Waals surface area contributed by atoms with Gasteiger partial charge >= 0.3 is 0 Å². The third-order valence-electron chi connectivity index (χ3n) is 1.45. The Morgan fingerprint density at radius 1 is 1.50 bits per heavy atom. The van der Waals surface area contributed by atoms with Gasteiger partial charge in [-0.15, -0.1) is 6.58 Å². The molecule has 0 bridgehead atoms. The summed E-state index contributed by atoms with van der Waals surface area (Å²) in [6, 6.07) is 0. The Hall–Kier alpha value is -0.670. The predicted molar refractivity (Wildman–Crippen MR) is 35.5 cm³/mol. The van der Waals surface area contributed by atoms with Crippen LogP contribution in [0.1, 0.15) is 6.92 Å². The molecular weight excluding hydrogens is 132 g/mol. The van der Waals surface area contributed by atoms with Crippen LogP contribution in [0.3, 0.4) is 0 Å². The van der Waals surface area contributed by atoms with Crippen molar-refractivity contribution in [3.63, 3.8) is 0 Å². The van der Waals surface area contributed by atoms with E-state index in [9.17, 15) is 4.79 Å². The first kappa shape index (κ1) is 7.44. The molecule has 0 saturated carbocycles. The lowest BCUT2D eigenvalue weighted by Crippen LogP contribution is -2.14. The van der Waals surface area contributed by atoms with Crippen molar-refractivity contribution >= 4 is 6.29 Å². The van der Waals surface area contributed by atoms with Gasteiger partial charge in [0.1, 0.15) is 6.10 Å². The average molecular weight is 142 g/mol. The van der Waals surface area contributed by atoms with Crippen LogP contribution in [-0.4, -0.2) is 24.8 Å². The topological polar surface area (TPSA) is 35.5 Å². The summed E-state index contributed by atoms with van der Waals surface area (Å²) >= 11 is 0. The Balaban J connectivity index is 2.51. The van der Waals surface area contributed by atoms with Crippen molar-refractivity contribution in [1.29, 1.82) is 0 Å². The van der Waals surface area contributed by atoms with Crippen LogP contribution < -0.4 is 0 Å². The molecule has 3 unspecified atom stereocenters. The Kier molecular flexibility index (Phi) is 2.19. The molecule has 0 N–H and O–H groups in total. The number of hydrogen-bond acceptors (Lipinski definition) is 3. The third kappa shape index (κ3) is 1.25. The summed E-state index contributed by atoms with van der Waals surface area (Å²) in [5.41, 5.74) is 0. The van der Waals surface area contributed by atoms with Gasteiger partial charge in [0.05, 0.1) is 6.10 Å². The minimum atomic E-state index is -0.696. The number of carbonyl (C=O) groups excluding carboxylic acids is 1. The van der Waals surface area contributed by atoms with Crippen LogP contribution in [0.2, 0.25) is 0 Å². The third-order valence-corrected chi connectivity index (χ3v) is 1.45.